The number of urea groups is 1. The summed E-state index contributed by atoms with van der Waals surface area (Å²) in [5.41, 5.74) is -0.483. The lowest BCUT2D eigenvalue weighted by Gasteiger charge is -2.31. The van der Waals surface area contributed by atoms with E-state index in [0.29, 0.717) is 0 Å². The normalized spacial score (nSPS) is 22.5. The van der Waals surface area contributed by atoms with Crippen molar-refractivity contribution < 1.29 is 9.59 Å². The Hall–Kier alpha value is -1.06. The topological polar surface area (TPSA) is 49.4 Å². The van der Waals surface area contributed by atoms with Gasteiger partial charge in [-0.2, -0.15) is 0 Å². The Morgan fingerprint density at radius 2 is 1.88 bits per heavy atom. The lowest BCUT2D eigenvalue weighted by molar-refractivity contribution is -0.126. The molecule has 0 aromatic rings. The van der Waals surface area contributed by atoms with E-state index >= 15 is 0 Å². The van der Waals surface area contributed by atoms with Gasteiger partial charge >= 0.3 is 6.03 Å². The van der Waals surface area contributed by atoms with E-state index in [0.717, 1.165) is 45.1 Å². The fourth-order valence-corrected chi connectivity index (χ4v) is 3.07. The molecular weight excluding hydrogens is 216 g/mol. The largest absolute Gasteiger partial charge is 0.325 e. The lowest BCUT2D eigenvalue weighted by Crippen LogP contribution is -2.47. The molecule has 0 radical (unpaired) electrons. The molecule has 1 spiro atoms. The zero-order valence-corrected chi connectivity index (χ0v) is 10.6. The fourth-order valence-electron chi connectivity index (χ4n) is 3.07. The maximum atomic E-state index is 11.9. The van der Waals surface area contributed by atoms with Gasteiger partial charge in [-0.1, -0.05) is 39.0 Å². The molecule has 1 N–H and O–H groups in total. The third kappa shape index (κ3) is 2.17. The molecule has 1 saturated carbocycles. The van der Waals surface area contributed by atoms with Crippen molar-refractivity contribution in [3.63, 3.8) is 0 Å². The molecule has 17 heavy (non-hydrogen) atoms. The van der Waals surface area contributed by atoms with Gasteiger partial charge in [0.05, 0.1) is 0 Å². The lowest BCUT2D eigenvalue weighted by atomic mass is 9.95. The molecule has 2 rings (SSSR count). The molecule has 2 aliphatic rings. The minimum absolute atomic E-state index is 0.0597. The van der Waals surface area contributed by atoms with Gasteiger partial charge in [-0.25, -0.2) is 4.79 Å². The molecule has 0 bridgehead atoms. The fraction of sp³-hybridized carbons (Fsp3) is 0.846. The van der Waals surface area contributed by atoms with Crippen molar-refractivity contribution in [2.75, 3.05) is 6.54 Å². The smallest absolute Gasteiger partial charge is 0.310 e. The van der Waals surface area contributed by atoms with Gasteiger partial charge in [-0.3, -0.25) is 10.1 Å². The van der Waals surface area contributed by atoms with Crippen LogP contribution >= 0.6 is 0 Å². The van der Waals surface area contributed by atoms with Crippen LogP contribution in [0.15, 0.2) is 0 Å². The van der Waals surface area contributed by atoms with Crippen LogP contribution in [0.2, 0.25) is 0 Å². The minimum Gasteiger partial charge on any atom is -0.310 e. The first-order valence-corrected chi connectivity index (χ1v) is 6.84. The number of amides is 3. The number of hydrogen-bond donors (Lipinski definition) is 1. The zero-order chi connectivity index (χ0) is 12.3. The third-order valence-electron chi connectivity index (χ3n) is 4.07. The van der Waals surface area contributed by atoms with Crippen molar-refractivity contribution in [2.24, 2.45) is 0 Å². The van der Waals surface area contributed by atoms with Crippen LogP contribution in [-0.4, -0.2) is 28.9 Å². The summed E-state index contributed by atoms with van der Waals surface area (Å²) in [5, 5.41) is 2.49. The van der Waals surface area contributed by atoms with Gasteiger partial charge in [-0.15, -0.1) is 0 Å². The molecule has 3 amide bonds. The Bertz CT molecular complexity index is 309. The average Bonchev–Trinajstić information content (AvgIpc) is 2.86. The maximum absolute atomic E-state index is 11.9. The predicted molar refractivity (Wildman–Crippen MR) is 65.6 cm³/mol. The highest BCUT2D eigenvalue weighted by molar-refractivity contribution is 6.07. The summed E-state index contributed by atoms with van der Waals surface area (Å²) in [5.74, 6) is -0.0597. The first-order valence-electron chi connectivity index (χ1n) is 6.84. The van der Waals surface area contributed by atoms with Gasteiger partial charge in [0, 0.05) is 6.54 Å². The zero-order valence-electron chi connectivity index (χ0n) is 10.6. The number of unbranched alkanes of at least 4 members (excludes halogenated alkanes) is 3. The van der Waals surface area contributed by atoms with E-state index in [2.05, 4.69) is 12.2 Å². The number of carbonyl (C=O) groups excluding carboxylic acids is 2. The first kappa shape index (κ1) is 12.4. The first-order chi connectivity index (χ1) is 8.20. The van der Waals surface area contributed by atoms with Crippen LogP contribution in [0, 0.1) is 0 Å². The quantitative estimate of drug-likeness (QED) is 0.590. The number of rotatable bonds is 5. The molecule has 4 nitrogen and oxygen atoms in total. The third-order valence-corrected chi connectivity index (χ3v) is 4.07. The van der Waals surface area contributed by atoms with Crippen molar-refractivity contribution in [3.05, 3.63) is 0 Å². The van der Waals surface area contributed by atoms with Crippen LogP contribution < -0.4 is 5.32 Å². The van der Waals surface area contributed by atoms with Gasteiger partial charge in [0.2, 0.25) is 0 Å². The predicted octanol–water partition coefficient (Wildman–Crippen LogP) is 2.43. The molecule has 1 aliphatic heterocycles. The molecule has 1 saturated heterocycles. The Morgan fingerprint density at radius 3 is 2.53 bits per heavy atom. The molecule has 0 atom stereocenters. The minimum atomic E-state index is -0.483. The van der Waals surface area contributed by atoms with Crippen LogP contribution in [0.4, 0.5) is 4.79 Å². The van der Waals surface area contributed by atoms with E-state index in [-0.39, 0.29) is 11.9 Å². The molecule has 0 aromatic heterocycles. The van der Waals surface area contributed by atoms with Gasteiger partial charge in [0.25, 0.3) is 5.91 Å². The summed E-state index contributed by atoms with van der Waals surface area (Å²) in [4.78, 5) is 25.5. The standard InChI is InChI=1S/C13H22N2O2/c1-2-3-4-7-10-15-12(17)14-11(16)13(15)8-5-6-9-13/h2-10H2,1H3,(H,14,16,17). The van der Waals surface area contributed by atoms with Crippen LogP contribution in [-0.2, 0) is 4.79 Å². The van der Waals surface area contributed by atoms with Crippen molar-refractivity contribution in [3.8, 4) is 0 Å². The summed E-state index contributed by atoms with van der Waals surface area (Å²) in [6, 6.07) is -0.173. The molecule has 1 heterocycles. The molecular formula is C13H22N2O2. The molecule has 4 heteroatoms. The van der Waals surface area contributed by atoms with Crippen LogP contribution in [0.1, 0.15) is 58.3 Å². The summed E-state index contributed by atoms with van der Waals surface area (Å²) in [6.45, 7) is 2.90. The number of hydrogen-bond acceptors (Lipinski definition) is 2. The second-order valence-corrected chi connectivity index (χ2v) is 5.21. The Morgan fingerprint density at radius 1 is 1.18 bits per heavy atom. The van der Waals surface area contributed by atoms with E-state index < -0.39 is 5.54 Å². The van der Waals surface area contributed by atoms with E-state index in [1.54, 1.807) is 4.90 Å². The molecule has 2 fully saturated rings. The Kier molecular flexibility index (Phi) is 3.69. The maximum Gasteiger partial charge on any atom is 0.325 e. The van der Waals surface area contributed by atoms with E-state index in [9.17, 15) is 9.59 Å². The van der Waals surface area contributed by atoms with E-state index in [1.165, 1.54) is 12.8 Å². The summed E-state index contributed by atoms with van der Waals surface area (Å²) in [7, 11) is 0. The van der Waals surface area contributed by atoms with Crippen LogP contribution in [0.3, 0.4) is 0 Å². The van der Waals surface area contributed by atoms with Gasteiger partial charge in [-0.05, 0) is 19.3 Å². The number of nitrogens with one attached hydrogen (secondary N) is 1. The van der Waals surface area contributed by atoms with Crippen molar-refractivity contribution in [1.29, 1.82) is 0 Å². The summed E-state index contributed by atoms with van der Waals surface area (Å²) in [6.07, 6.45) is 8.36. The molecule has 0 unspecified atom stereocenters. The Balaban J connectivity index is 1.97. The number of carbonyl (C=O) groups is 2. The molecule has 1 aliphatic carbocycles. The van der Waals surface area contributed by atoms with Gasteiger partial charge in [0.15, 0.2) is 0 Å². The molecule has 0 aromatic carbocycles. The van der Waals surface area contributed by atoms with Crippen molar-refractivity contribution >= 4 is 11.9 Å². The second-order valence-electron chi connectivity index (χ2n) is 5.21. The Labute approximate surface area is 103 Å². The SMILES string of the molecule is CCCCCCN1C(=O)NC(=O)C12CCCC2. The highest BCUT2D eigenvalue weighted by atomic mass is 16.2. The second kappa shape index (κ2) is 5.07. The number of imide groups is 1. The average molecular weight is 238 g/mol. The van der Waals surface area contributed by atoms with E-state index in [1.807, 2.05) is 0 Å². The highest BCUT2D eigenvalue weighted by Crippen LogP contribution is 2.38. The van der Waals surface area contributed by atoms with Gasteiger partial charge < -0.3 is 4.90 Å². The molecule has 96 valence electrons. The monoisotopic (exact) mass is 238 g/mol. The summed E-state index contributed by atoms with van der Waals surface area (Å²) < 4.78 is 0. The van der Waals surface area contributed by atoms with Crippen LogP contribution in [0.5, 0.6) is 0 Å². The van der Waals surface area contributed by atoms with Crippen molar-refractivity contribution in [2.45, 2.75) is 63.8 Å². The number of nitrogens with zero attached hydrogens (tertiary/aromatic N) is 1. The van der Waals surface area contributed by atoms with Crippen LogP contribution in [0.25, 0.3) is 0 Å². The van der Waals surface area contributed by atoms with Gasteiger partial charge in [0.1, 0.15) is 5.54 Å². The van der Waals surface area contributed by atoms with E-state index in [4.69, 9.17) is 0 Å². The summed E-state index contributed by atoms with van der Waals surface area (Å²) >= 11 is 0. The highest BCUT2D eigenvalue weighted by Gasteiger charge is 2.53. The van der Waals surface area contributed by atoms with Crippen molar-refractivity contribution in [1.82, 2.24) is 10.2 Å².